The van der Waals surface area contributed by atoms with Crippen LogP contribution in [0.25, 0.3) is 0 Å². The number of hydrogen-bond acceptors (Lipinski definition) is 3. The molecule has 0 bridgehead atoms. The van der Waals surface area contributed by atoms with E-state index in [0.717, 1.165) is 23.1 Å². The predicted molar refractivity (Wildman–Crippen MR) is 73.6 cm³/mol. The summed E-state index contributed by atoms with van der Waals surface area (Å²) in [6.07, 6.45) is 6.62. The monoisotopic (exact) mass is 318 g/mol. The van der Waals surface area contributed by atoms with Gasteiger partial charge in [0, 0.05) is 13.3 Å². The van der Waals surface area contributed by atoms with Crippen LogP contribution in [0.2, 0.25) is 5.02 Å². The topological polar surface area (TPSA) is 34.1 Å². The van der Waals surface area contributed by atoms with E-state index in [9.17, 15) is 0 Å². The smallest absolute Gasteiger partial charge is 0.129 e. The van der Waals surface area contributed by atoms with E-state index < -0.39 is 0 Å². The Kier molecular flexibility index (Phi) is 4.65. The van der Waals surface area contributed by atoms with Gasteiger partial charge in [-0.25, -0.2) is 4.98 Å². The third-order valence-corrected chi connectivity index (χ3v) is 3.99. The molecule has 1 N–H and O–H groups in total. The highest BCUT2D eigenvalue weighted by atomic mass is 79.9. The van der Waals surface area contributed by atoms with E-state index in [4.69, 9.17) is 16.3 Å². The van der Waals surface area contributed by atoms with Crippen LogP contribution in [0.3, 0.4) is 0 Å². The molecule has 1 aliphatic carbocycles. The van der Waals surface area contributed by atoms with E-state index in [0.29, 0.717) is 11.1 Å². The maximum atomic E-state index is 5.95. The van der Waals surface area contributed by atoms with Crippen molar-refractivity contribution in [3.05, 3.63) is 21.9 Å². The second kappa shape index (κ2) is 6.03. The van der Waals surface area contributed by atoms with Gasteiger partial charge in [0.05, 0.1) is 22.9 Å². The Morgan fingerprint density at radius 3 is 3.00 bits per heavy atom. The Balaban J connectivity index is 2.10. The molecule has 3 nitrogen and oxygen atoms in total. The largest absolute Gasteiger partial charge is 0.379 e. The van der Waals surface area contributed by atoms with Gasteiger partial charge in [0.2, 0.25) is 0 Å². The van der Waals surface area contributed by atoms with Gasteiger partial charge >= 0.3 is 0 Å². The number of nitrogens with zero attached hydrogens (tertiary/aromatic N) is 1. The van der Waals surface area contributed by atoms with E-state index in [-0.39, 0.29) is 6.10 Å². The zero-order valence-corrected chi connectivity index (χ0v) is 12.1. The highest BCUT2D eigenvalue weighted by molar-refractivity contribution is 9.10. The first kappa shape index (κ1) is 13.1. The third kappa shape index (κ3) is 3.33. The van der Waals surface area contributed by atoms with E-state index >= 15 is 0 Å². The van der Waals surface area contributed by atoms with Crippen molar-refractivity contribution in [1.29, 1.82) is 0 Å². The van der Waals surface area contributed by atoms with Gasteiger partial charge < -0.3 is 10.1 Å². The minimum Gasteiger partial charge on any atom is -0.379 e. The van der Waals surface area contributed by atoms with E-state index in [1.54, 1.807) is 13.3 Å². The zero-order valence-electron chi connectivity index (χ0n) is 9.75. The molecular formula is C12H16BrClN2O. The molecule has 0 radical (unpaired) electrons. The number of aromatic nitrogens is 1. The SMILES string of the molecule is COC1CCCCC1Nc1cc(Cl)cnc1Br. The van der Waals surface area contributed by atoms with E-state index in [1.807, 2.05) is 6.07 Å². The first-order valence-corrected chi connectivity index (χ1v) is 6.98. The molecule has 1 aromatic rings. The quantitative estimate of drug-likeness (QED) is 0.859. The lowest BCUT2D eigenvalue weighted by molar-refractivity contribution is 0.0606. The number of nitrogens with one attached hydrogen (secondary N) is 1. The van der Waals surface area contributed by atoms with Gasteiger partial charge in [0.1, 0.15) is 4.60 Å². The van der Waals surface area contributed by atoms with Crippen molar-refractivity contribution in [1.82, 2.24) is 4.98 Å². The third-order valence-electron chi connectivity index (χ3n) is 3.15. The van der Waals surface area contributed by atoms with Gasteiger partial charge in [-0.15, -0.1) is 0 Å². The highest BCUT2D eigenvalue weighted by Crippen LogP contribution is 2.28. The standard InChI is InChI=1S/C12H16BrClN2O/c1-17-11-5-3-2-4-9(11)16-10-6-8(14)7-15-12(10)13/h6-7,9,11,16H,2-5H2,1H3. The molecule has 94 valence electrons. The van der Waals surface area contributed by atoms with E-state index in [2.05, 4.69) is 26.2 Å². The predicted octanol–water partition coefficient (Wildman–Crippen LogP) is 3.87. The lowest BCUT2D eigenvalue weighted by Crippen LogP contribution is -2.37. The molecule has 0 aliphatic heterocycles. The number of ether oxygens (including phenoxy) is 1. The number of anilines is 1. The first-order valence-electron chi connectivity index (χ1n) is 5.81. The molecule has 2 atom stereocenters. The zero-order chi connectivity index (χ0) is 12.3. The maximum absolute atomic E-state index is 5.95. The summed E-state index contributed by atoms with van der Waals surface area (Å²) in [5, 5.41) is 4.11. The van der Waals surface area contributed by atoms with Crippen molar-refractivity contribution in [3.63, 3.8) is 0 Å². The molecule has 0 saturated heterocycles. The molecule has 0 spiro atoms. The number of halogens is 2. The average molecular weight is 320 g/mol. The van der Waals surface area contributed by atoms with Crippen molar-refractivity contribution in [2.75, 3.05) is 12.4 Å². The number of hydrogen-bond donors (Lipinski definition) is 1. The molecule has 2 rings (SSSR count). The van der Waals surface area contributed by atoms with Gasteiger partial charge in [0.25, 0.3) is 0 Å². The summed E-state index contributed by atoms with van der Waals surface area (Å²) >= 11 is 9.38. The summed E-state index contributed by atoms with van der Waals surface area (Å²) in [7, 11) is 1.77. The summed E-state index contributed by atoms with van der Waals surface area (Å²) in [5.41, 5.74) is 0.937. The van der Waals surface area contributed by atoms with Gasteiger partial charge in [-0.2, -0.15) is 0 Å². The second-order valence-corrected chi connectivity index (χ2v) is 5.49. The second-order valence-electron chi connectivity index (χ2n) is 4.30. The minimum atomic E-state index is 0.273. The van der Waals surface area contributed by atoms with Gasteiger partial charge in [-0.05, 0) is 34.8 Å². The van der Waals surface area contributed by atoms with Crippen molar-refractivity contribution in [3.8, 4) is 0 Å². The van der Waals surface area contributed by atoms with Crippen LogP contribution >= 0.6 is 27.5 Å². The van der Waals surface area contributed by atoms with Crippen LogP contribution in [0.1, 0.15) is 25.7 Å². The van der Waals surface area contributed by atoms with Gasteiger partial charge in [-0.1, -0.05) is 24.4 Å². The van der Waals surface area contributed by atoms with E-state index in [1.165, 1.54) is 12.8 Å². The fourth-order valence-corrected chi connectivity index (χ4v) is 2.76. The van der Waals surface area contributed by atoms with Crippen molar-refractivity contribution in [2.24, 2.45) is 0 Å². The molecule has 1 aromatic heterocycles. The first-order chi connectivity index (χ1) is 8.20. The number of pyridine rings is 1. The van der Waals surface area contributed by atoms with Crippen LogP contribution < -0.4 is 5.32 Å². The summed E-state index contributed by atoms with van der Waals surface area (Å²) in [4.78, 5) is 4.18. The Morgan fingerprint density at radius 1 is 1.47 bits per heavy atom. The molecule has 2 unspecified atom stereocenters. The van der Waals surface area contributed by atoms with Crippen LogP contribution in [-0.4, -0.2) is 24.2 Å². The number of methoxy groups -OCH3 is 1. The van der Waals surface area contributed by atoms with Gasteiger partial charge in [0.15, 0.2) is 0 Å². The summed E-state index contributed by atoms with van der Waals surface area (Å²) in [5.74, 6) is 0. The molecule has 0 aromatic carbocycles. The fourth-order valence-electron chi connectivity index (χ4n) is 2.27. The van der Waals surface area contributed by atoms with Gasteiger partial charge in [-0.3, -0.25) is 0 Å². The van der Waals surface area contributed by atoms with Crippen molar-refractivity contribution in [2.45, 2.75) is 37.8 Å². The lowest BCUT2D eigenvalue weighted by atomic mass is 9.92. The van der Waals surface area contributed by atoms with Crippen LogP contribution in [-0.2, 0) is 4.74 Å². The molecule has 5 heteroatoms. The lowest BCUT2D eigenvalue weighted by Gasteiger charge is -2.32. The summed E-state index contributed by atoms with van der Waals surface area (Å²) in [6.45, 7) is 0. The van der Waals surface area contributed by atoms with Crippen LogP contribution in [0.15, 0.2) is 16.9 Å². The Bertz CT molecular complexity index is 389. The summed E-state index contributed by atoms with van der Waals surface area (Å²) in [6, 6.07) is 2.23. The maximum Gasteiger partial charge on any atom is 0.129 e. The Hall–Kier alpha value is -0.320. The van der Waals surface area contributed by atoms with Crippen LogP contribution in [0.5, 0.6) is 0 Å². The molecule has 17 heavy (non-hydrogen) atoms. The molecule has 0 amide bonds. The van der Waals surface area contributed by atoms with Crippen molar-refractivity contribution < 1.29 is 4.74 Å². The number of rotatable bonds is 3. The Labute approximate surface area is 115 Å². The summed E-state index contributed by atoms with van der Waals surface area (Å²) < 4.78 is 6.31. The van der Waals surface area contributed by atoms with Crippen LogP contribution in [0.4, 0.5) is 5.69 Å². The molecule has 1 saturated carbocycles. The molecule has 1 aliphatic rings. The fraction of sp³-hybridized carbons (Fsp3) is 0.583. The molecule has 1 fully saturated rings. The Morgan fingerprint density at radius 2 is 2.24 bits per heavy atom. The normalized spacial score (nSPS) is 24.6. The average Bonchev–Trinajstić information content (AvgIpc) is 2.34. The minimum absolute atomic E-state index is 0.273. The molecular weight excluding hydrogens is 304 g/mol. The highest BCUT2D eigenvalue weighted by Gasteiger charge is 2.25. The van der Waals surface area contributed by atoms with Crippen molar-refractivity contribution >= 4 is 33.2 Å². The molecule has 1 heterocycles. The van der Waals surface area contributed by atoms with Crippen LogP contribution in [0, 0.1) is 0 Å².